The van der Waals surface area contributed by atoms with E-state index in [0.29, 0.717) is 11.8 Å². The molecule has 5 nitrogen and oxygen atoms in total. The molecule has 2 N–H and O–H groups in total. The molecule has 2 aromatic heterocycles. The maximum absolute atomic E-state index is 5.01. The second-order valence-electron chi connectivity index (χ2n) is 4.08. The fourth-order valence-corrected chi connectivity index (χ4v) is 2.10. The van der Waals surface area contributed by atoms with Crippen molar-refractivity contribution in [3.63, 3.8) is 0 Å². The van der Waals surface area contributed by atoms with Crippen molar-refractivity contribution in [1.29, 1.82) is 0 Å². The average molecular weight is 218 g/mol. The molecule has 1 saturated heterocycles. The lowest BCUT2D eigenvalue weighted by Gasteiger charge is -2.12. The summed E-state index contributed by atoms with van der Waals surface area (Å²) in [6.07, 6.45) is 5.95. The van der Waals surface area contributed by atoms with Gasteiger partial charge in [0.25, 0.3) is 5.71 Å². The molecule has 3 rings (SSSR count). The molecule has 1 unspecified atom stereocenters. The predicted molar refractivity (Wildman–Crippen MR) is 61.3 cm³/mol. The number of aromatic nitrogens is 2. The molecular formula is C11H14N4O. The predicted octanol–water partition coefficient (Wildman–Crippen LogP) is 1.39. The zero-order valence-corrected chi connectivity index (χ0v) is 8.94. The van der Waals surface area contributed by atoms with Crippen LogP contribution < -0.4 is 10.6 Å². The van der Waals surface area contributed by atoms with E-state index in [4.69, 9.17) is 4.52 Å². The Morgan fingerprint density at radius 2 is 2.56 bits per heavy atom. The summed E-state index contributed by atoms with van der Waals surface area (Å²) < 4.78 is 5.01. The molecule has 0 bridgehead atoms. The maximum Gasteiger partial charge on any atom is 0.259 e. The molecule has 1 atom stereocenters. The van der Waals surface area contributed by atoms with Crippen LogP contribution in [0.1, 0.15) is 12.8 Å². The number of hydrogen-bond donors (Lipinski definition) is 2. The number of rotatable bonds is 3. The molecule has 0 saturated carbocycles. The molecule has 1 fully saturated rings. The third-order valence-corrected chi connectivity index (χ3v) is 2.98. The van der Waals surface area contributed by atoms with E-state index in [1.165, 1.54) is 12.8 Å². The lowest BCUT2D eigenvalue weighted by molar-refractivity contribution is 0.448. The third-order valence-electron chi connectivity index (χ3n) is 2.98. The lowest BCUT2D eigenvalue weighted by atomic mass is 10.2. The summed E-state index contributed by atoms with van der Waals surface area (Å²) in [7, 11) is 0. The van der Waals surface area contributed by atoms with E-state index in [1.54, 1.807) is 12.4 Å². The second kappa shape index (κ2) is 4.09. The Labute approximate surface area is 93.2 Å². The van der Waals surface area contributed by atoms with Crippen LogP contribution in [0.15, 0.2) is 23.0 Å². The van der Waals surface area contributed by atoms with Crippen molar-refractivity contribution in [2.45, 2.75) is 18.9 Å². The Kier molecular flexibility index (Phi) is 2.46. The summed E-state index contributed by atoms with van der Waals surface area (Å²) in [5.41, 5.74) is 1.63. The normalized spacial score (nSPS) is 20.4. The Morgan fingerprint density at radius 3 is 3.44 bits per heavy atom. The number of fused-ring (bicyclic) bond motifs is 1. The van der Waals surface area contributed by atoms with Gasteiger partial charge in [0, 0.05) is 18.8 Å². The van der Waals surface area contributed by atoms with Crippen molar-refractivity contribution >= 4 is 16.8 Å². The van der Waals surface area contributed by atoms with Crippen molar-refractivity contribution in [3.8, 4) is 0 Å². The van der Waals surface area contributed by atoms with Crippen LogP contribution in [0.25, 0.3) is 11.1 Å². The number of pyridine rings is 1. The van der Waals surface area contributed by atoms with Gasteiger partial charge in [0.2, 0.25) is 0 Å². The Hall–Kier alpha value is -1.62. The standard InChI is InChI=1S/C11H14N4O/c1-2-8(12-4-1)6-14-10-3-5-13-11-9(10)7-15-16-11/h3,5,7-8,12H,1-2,4,6H2,(H,13,14). The van der Waals surface area contributed by atoms with Crippen LogP contribution in [0.4, 0.5) is 5.69 Å². The summed E-state index contributed by atoms with van der Waals surface area (Å²) in [6.45, 7) is 2.07. The van der Waals surface area contributed by atoms with Gasteiger partial charge in [-0.25, -0.2) is 4.98 Å². The number of hydrogen-bond acceptors (Lipinski definition) is 5. The highest BCUT2D eigenvalue weighted by Gasteiger charge is 2.14. The number of nitrogens with one attached hydrogen (secondary N) is 2. The van der Waals surface area contributed by atoms with Crippen molar-refractivity contribution in [3.05, 3.63) is 18.5 Å². The van der Waals surface area contributed by atoms with E-state index in [9.17, 15) is 0 Å². The molecular weight excluding hydrogens is 204 g/mol. The minimum atomic E-state index is 0.572. The second-order valence-corrected chi connectivity index (χ2v) is 4.08. The van der Waals surface area contributed by atoms with Gasteiger partial charge in [-0.2, -0.15) is 0 Å². The zero-order valence-electron chi connectivity index (χ0n) is 8.94. The molecule has 0 spiro atoms. The zero-order chi connectivity index (χ0) is 10.8. The van der Waals surface area contributed by atoms with E-state index in [2.05, 4.69) is 20.8 Å². The first-order valence-electron chi connectivity index (χ1n) is 5.60. The van der Waals surface area contributed by atoms with Crippen LogP contribution in [-0.4, -0.2) is 29.3 Å². The van der Waals surface area contributed by atoms with Crippen LogP contribution in [0, 0.1) is 0 Å². The van der Waals surface area contributed by atoms with E-state index in [1.807, 2.05) is 6.07 Å². The molecule has 2 aromatic rings. The van der Waals surface area contributed by atoms with Crippen molar-refractivity contribution in [2.75, 3.05) is 18.4 Å². The smallest absolute Gasteiger partial charge is 0.259 e. The monoisotopic (exact) mass is 218 g/mol. The highest BCUT2D eigenvalue weighted by molar-refractivity contribution is 5.86. The Bertz CT molecular complexity index is 476. The molecule has 16 heavy (non-hydrogen) atoms. The van der Waals surface area contributed by atoms with Crippen LogP contribution in [0.2, 0.25) is 0 Å². The van der Waals surface area contributed by atoms with Crippen LogP contribution in [0.3, 0.4) is 0 Å². The third kappa shape index (κ3) is 1.74. The summed E-state index contributed by atoms with van der Waals surface area (Å²) in [5.74, 6) is 0. The first kappa shape index (κ1) is 9.59. The van der Waals surface area contributed by atoms with Crippen LogP contribution >= 0.6 is 0 Å². The largest absolute Gasteiger partial charge is 0.383 e. The molecule has 3 heterocycles. The average Bonchev–Trinajstić information content (AvgIpc) is 2.97. The van der Waals surface area contributed by atoms with Gasteiger partial charge in [0.1, 0.15) is 0 Å². The summed E-state index contributed by atoms with van der Waals surface area (Å²) in [6, 6.07) is 2.53. The maximum atomic E-state index is 5.01. The Balaban J connectivity index is 1.75. The van der Waals surface area contributed by atoms with Crippen LogP contribution in [0.5, 0.6) is 0 Å². The number of nitrogens with zero attached hydrogens (tertiary/aromatic N) is 2. The summed E-state index contributed by atoms with van der Waals surface area (Å²) in [4.78, 5) is 4.10. The number of anilines is 1. The first-order valence-corrected chi connectivity index (χ1v) is 5.60. The van der Waals surface area contributed by atoms with Gasteiger partial charge in [-0.15, -0.1) is 0 Å². The summed E-state index contributed by atoms with van der Waals surface area (Å²) in [5, 5.41) is 11.6. The molecule has 0 aliphatic carbocycles. The molecule has 0 amide bonds. The quantitative estimate of drug-likeness (QED) is 0.815. The molecule has 1 aliphatic heterocycles. The highest BCUT2D eigenvalue weighted by atomic mass is 16.5. The molecule has 84 valence electrons. The van der Waals surface area contributed by atoms with Gasteiger partial charge in [0.05, 0.1) is 17.3 Å². The highest BCUT2D eigenvalue weighted by Crippen LogP contribution is 2.20. The minimum absolute atomic E-state index is 0.572. The summed E-state index contributed by atoms with van der Waals surface area (Å²) >= 11 is 0. The topological polar surface area (TPSA) is 63.0 Å². The van der Waals surface area contributed by atoms with Crippen molar-refractivity contribution in [1.82, 2.24) is 15.5 Å². The first-order chi connectivity index (χ1) is 7.93. The van der Waals surface area contributed by atoms with Gasteiger partial charge in [-0.3, -0.25) is 0 Å². The van der Waals surface area contributed by atoms with E-state index < -0.39 is 0 Å². The van der Waals surface area contributed by atoms with Crippen molar-refractivity contribution < 1.29 is 4.52 Å². The molecule has 0 radical (unpaired) electrons. The molecule has 0 aromatic carbocycles. The van der Waals surface area contributed by atoms with E-state index in [-0.39, 0.29) is 0 Å². The van der Waals surface area contributed by atoms with Gasteiger partial charge in [-0.1, -0.05) is 5.16 Å². The van der Waals surface area contributed by atoms with Gasteiger partial charge >= 0.3 is 0 Å². The van der Waals surface area contributed by atoms with Gasteiger partial charge < -0.3 is 15.2 Å². The van der Waals surface area contributed by atoms with E-state index in [0.717, 1.165) is 24.2 Å². The molecule has 1 aliphatic rings. The fraction of sp³-hybridized carbons (Fsp3) is 0.455. The Morgan fingerprint density at radius 1 is 1.56 bits per heavy atom. The lowest BCUT2D eigenvalue weighted by Crippen LogP contribution is -2.29. The van der Waals surface area contributed by atoms with Crippen molar-refractivity contribution in [2.24, 2.45) is 0 Å². The van der Waals surface area contributed by atoms with E-state index >= 15 is 0 Å². The van der Waals surface area contributed by atoms with Gasteiger partial charge in [-0.05, 0) is 25.5 Å². The molecule has 5 heteroatoms. The SMILES string of the molecule is c1cc(NCC2CCCN2)c2cnoc2n1. The minimum Gasteiger partial charge on any atom is -0.383 e. The fourth-order valence-electron chi connectivity index (χ4n) is 2.10. The van der Waals surface area contributed by atoms with Crippen LogP contribution in [-0.2, 0) is 0 Å². The van der Waals surface area contributed by atoms with Gasteiger partial charge in [0.15, 0.2) is 0 Å².